The molecule has 0 spiro atoms. The van der Waals surface area contributed by atoms with Crippen molar-refractivity contribution in [3.05, 3.63) is 53.4 Å². The zero-order valence-corrected chi connectivity index (χ0v) is 9.94. The summed E-state index contributed by atoms with van der Waals surface area (Å²) in [6, 6.07) is 5.96. The Morgan fingerprint density at radius 3 is 2.26 bits per heavy atom. The topological polar surface area (TPSA) is 43.1 Å². The number of aromatic nitrogens is 1. The first kappa shape index (κ1) is 13.3. The van der Waals surface area contributed by atoms with Gasteiger partial charge in [0.25, 0.3) is 0 Å². The number of hydrogen-bond acceptors (Lipinski definition) is 3. The van der Waals surface area contributed by atoms with Crippen LogP contribution < -0.4 is 0 Å². The summed E-state index contributed by atoms with van der Waals surface area (Å²) in [4.78, 5) is 11.6. The number of Topliss-reactive ketones (excluding diaryl/α,β-unsaturated/α-hetero) is 1. The van der Waals surface area contributed by atoms with Gasteiger partial charge in [0.15, 0.2) is 5.76 Å². The standard InChI is InChI=1S/C13H10F3NO2/c1-8(18)12(11-6-7-17-19-11)9-2-4-10(5-3-9)13(14,15)16/h2-7,12H,1H3. The largest absolute Gasteiger partial charge is 0.416 e. The van der Waals surface area contributed by atoms with Crippen LogP contribution in [0.1, 0.15) is 29.7 Å². The fourth-order valence-corrected chi connectivity index (χ4v) is 1.84. The van der Waals surface area contributed by atoms with Crippen LogP contribution >= 0.6 is 0 Å². The van der Waals surface area contributed by atoms with E-state index >= 15 is 0 Å². The number of alkyl halides is 3. The van der Waals surface area contributed by atoms with Crippen LogP contribution in [-0.2, 0) is 11.0 Å². The zero-order valence-electron chi connectivity index (χ0n) is 9.94. The number of rotatable bonds is 3. The summed E-state index contributed by atoms with van der Waals surface area (Å²) >= 11 is 0. The number of carbonyl (C=O) groups excluding carboxylic acids is 1. The molecule has 0 aliphatic heterocycles. The van der Waals surface area contributed by atoms with Gasteiger partial charge >= 0.3 is 6.18 Å². The van der Waals surface area contributed by atoms with E-state index in [0.29, 0.717) is 11.3 Å². The quantitative estimate of drug-likeness (QED) is 0.857. The van der Waals surface area contributed by atoms with Crippen LogP contribution in [0.2, 0.25) is 0 Å². The van der Waals surface area contributed by atoms with Gasteiger partial charge in [-0.3, -0.25) is 4.79 Å². The van der Waals surface area contributed by atoms with E-state index in [9.17, 15) is 18.0 Å². The molecule has 0 bridgehead atoms. The van der Waals surface area contributed by atoms with Crippen LogP contribution in [0.25, 0.3) is 0 Å². The molecular formula is C13H10F3NO2. The lowest BCUT2D eigenvalue weighted by molar-refractivity contribution is -0.137. The molecule has 0 aliphatic rings. The number of nitrogens with zero attached hydrogens (tertiary/aromatic N) is 1. The second-order valence-corrected chi connectivity index (χ2v) is 4.08. The van der Waals surface area contributed by atoms with Gasteiger partial charge in [0, 0.05) is 6.07 Å². The van der Waals surface area contributed by atoms with Gasteiger partial charge < -0.3 is 4.52 Å². The molecule has 0 saturated heterocycles. The van der Waals surface area contributed by atoms with Gasteiger partial charge in [0.1, 0.15) is 11.7 Å². The molecular weight excluding hydrogens is 259 g/mol. The summed E-state index contributed by atoms with van der Waals surface area (Å²) in [5, 5.41) is 3.50. The first-order chi connectivity index (χ1) is 8.89. The lowest BCUT2D eigenvalue weighted by Gasteiger charge is -2.12. The lowest BCUT2D eigenvalue weighted by atomic mass is 9.92. The van der Waals surface area contributed by atoms with Crippen molar-refractivity contribution in [1.29, 1.82) is 0 Å². The smallest absolute Gasteiger partial charge is 0.360 e. The summed E-state index contributed by atoms with van der Waals surface area (Å²) in [7, 11) is 0. The second kappa shape index (κ2) is 4.87. The highest BCUT2D eigenvalue weighted by atomic mass is 19.4. The van der Waals surface area contributed by atoms with Crippen LogP contribution in [0.15, 0.2) is 41.1 Å². The van der Waals surface area contributed by atoms with Gasteiger partial charge in [0.05, 0.1) is 11.8 Å². The Morgan fingerprint density at radius 2 is 1.84 bits per heavy atom. The van der Waals surface area contributed by atoms with Crippen LogP contribution in [0, 0.1) is 0 Å². The molecule has 0 aliphatic carbocycles. The predicted octanol–water partition coefficient (Wildman–Crippen LogP) is 3.41. The first-order valence-electron chi connectivity index (χ1n) is 5.48. The molecule has 0 saturated carbocycles. The minimum atomic E-state index is -4.39. The molecule has 0 fully saturated rings. The third kappa shape index (κ3) is 2.83. The van der Waals surface area contributed by atoms with Crippen molar-refractivity contribution in [1.82, 2.24) is 5.16 Å². The average molecular weight is 269 g/mol. The number of benzene rings is 1. The molecule has 19 heavy (non-hydrogen) atoms. The monoisotopic (exact) mass is 269 g/mol. The van der Waals surface area contributed by atoms with Gasteiger partial charge in [0.2, 0.25) is 0 Å². The van der Waals surface area contributed by atoms with Crippen LogP contribution in [0.3, 0.4) is 0 Å². The molecule has 1 atom stereocenters. The maximum absolute atomic E-state index is 12.5. The Bertz CT molecular complexity index is 559. The number of hydrogen-bond donors (Lipinski definition) is 0. The van der Waals surface area contributed by atoms with E-state index in [2.05, 4.69) is 5.16 Å². The van der Waals surface area contributed by atoms with Crippen molar-refractivity contribution in [3.8, 4) is 0 Å². The molecule has 0 amide bonds. The highest BCUT2D eigenvalue weighted by Gasteiger charge is 2.31. The van der Waals surface area contributed by atoms with Gasteiger partial charge in [-0.2, -0.15) is 13.2 Å². The van der Waals surface area contributed by atoms with E-state index < -0.39 is 17.7 Å². The van der Waals surface area contributed by atoms with E-state index in [1.165, 1.54) is 31.3 Å². The molecule has 1 aromatic heterocycles. The number of ketones is 1. The van der Waals surface area contributed by atoms with E-state index in [-0.39, 0.29) is 5.78 Å². The number of halogens is 3. The molecule has 1 heterocycles. The van der Waals surface area contributed by atoms with Crippen molar-refractivity contribution in [3.63, 3.8) is 0 Å². The van der Waals surface area contributed by atoms with Gasteiger partial charge in [-0.05, 0) is 24.6 Å². The van der Waals surface area contributed by atoms with Gasteiger partial charge in [-0.15, -0.1) is 0 Å². The first-order valence-corrected chi connectivity index (χ1v) is 5.48. The van der Waals surface area contributed by atoms with Crippen LogP contribution in [-0.4, -0.2) is 10.9 Å². The van der Waals surface area contributed by atoms with Crippen molar-refractivity contribution in [2.24, 2.45) is 0 Å². The van der Waals surface area contributed by atoms with E-state index in [1.807, 2.05) is 0 Å². The Balaban J connectivity index is 2.37. The van der Waals surface area contributed by atoms with Gasteiger partial charge in [-0.25, -0.2) is 0 Å². The Labute approximate surface area is 107 Å². The predicted molar refractivity (Wildman–Crippen MR) is 60.5 cm³/mol. The molecule has 2 rings (SSSR count). The molecule has 1 aromatic carbocycles. The molecule has 6 heteroatoms. The summed E-state index contributed by atoms with van der Waals surface area (Å²) < 4.78 is 42.3. The zero-order chi connectivity index (χ0) is 14.0. The SMILES string of the molecule is CC(=O)C(c1ccc(C(F)(F)F)cc1)c1ccno1. The Morgan fingerprint density at radius 1 is 1.21 bits per heavy atom. The second-order valence-electron chi connectivity index (χ2n) is 4.08. The molecule has 1 unspecified atom stereocenters. The van der Waals surface area contributed by atoms with Crippen molar-refractivity contribution in [2.45, 2.75) is 19.0 Å². The van der Waals surface area contributed by atoms with Crippen molar-refractivity contribution >= 4 is 5.78 Å². The highest BCUT2D eigenvalue weighted by Crippen LogP contribution is 2.31. The maximum Gasteiger partial charge on any atom is 0.416 e. The minimum Gasteiger partial charge on any atom is -0.360 e. The Kier molecular flexibility index (Phi) is 3.42. The molecule has 0 N–H and O–H groups in total. The molecule has 0 radical (unpaired) electrons. The lowest BCUT2D eigenvalue weighted by Crippen LogP contribution is -2.11. The summed E-state index contributed by atoms with van der Waals surface area (Å²) in [5.74, 6) is -0.645. The summed E-state index contributed by atoms with van der Waals surface area (Å²) in [6.07, 6.45) is -3.01. The molecule has 3 nitrogen and oxygen atoms in total. The van der Waals surface area contributed by atoms with Gasteiger partial charge in [-0.1, -0.05) is 17.3 Å². The van der Waals surface area contributed by atoms with E-state index in [0.717, 1.165) is 12.1 Å². The summed E-state index contributed by atoms with van der Waals surface area (Å²) in [6.45, 7) is 1.35. The fraction of sp³-hybridized carbons (Fsp3) is 0.231. The molecule has 100 valence electrons. The van der Waals surface area contributed by atoms with E-state index in [1.54, 1.807) is 0 Å². The third-order valence-electron chi connectivity index (χ3n) is 2.72. The summed E-state index contributed by atoms with van der Waals surface area (Å²) in [5.41, 5.74) is -0.312. The van der Waals surface area contributed by atoms with Crippen LogP contribution in [0.4, 0.5) is 13.2 Å². The maximum atomic E-state index is 12.5. The normalized spacial score (nSPS) is 13.3. The minimum absolute atomic E-state index is 0.225. The molecule has 2 aromatic rings. The fourth-order valence-electron chi connectivity index (χ4n) is 1.84. The Hall–Kier alpha value is -2.11. The highest BCUT2D eigenvalue weighted by molar-refractivity contribution is 5.86. The van der Waals surface area contributed by atoms with E-state index in [4.69, 9.17) is 4.52 Å². The van der Waals surface area contributed by atoms with Crippen LogP contribution in [0.5, 0.6) is 0 Å². The number of carbonyl (C=O) groups is 1. The van der Waals surface area contributed by atoms with Crippen molar-refractivity contribution in [2.75, 3.05) is 0 Å². The third-order valence-corrected chi connectivity index (χ3v) is 2.72. The average Bonchev–Trinajstić information content (AvgIpc) is 2.82. The van der Waals surface area contributed by atoms with Crippen molar-refractivity contribution < 1.29 is 22.5 Å².